The molecule has 0 unspecified atom stereocenters. The van der Waals surface area contributed by atoms with Crippen molar-refractivity contribution in [3.05, 3.63) is 58.8 Å². The van der Waals surface area contributed by atoms with Gasteiger partial charge in [0, 0.05) is 5.39 Å². The average Bonchev–Trinajstić information content (AvgIpc) is 2.97. The molecule has 0 saturated carbocycles. The summed E-state index contributed by atoms with van der Waals surface area (Å²) in [5, 5.41) is 7.61. The molecule has 1 aromatic heterocycles. The molecule has 25 heavy (non-hydrogen) atoms. The second-order valence-corrected chi connectivity index (χ2v) is 5.85. The number of hydrogen-bond acceptors (Lipinski definition) is 5. The van der Waals surface area contributed by atoms with E-state index in [1.165, 1.54) is 7.11 Å². The maximum atomic E-state index is 12.4. The maximum absolute atomic E-state index is 12.4. The summed E-state index contributed by atoms with van der Waals surface area (Å²) in [5.74, 6) is -0.791. The lowest BCUT2D eigenvalue weighted by Gasteiger charge is -2.09. The topological polar surface area (TPSA) is 81.4 Å². The second kappa shape index (κ2) is 6.76. The van der Waals surface area contributed by atoms with Crippen molar-refractivity contribution in [2.45, 2.75) is 20.3 Å². The highest BCUT2D eigenvalue weighted by Gasteiger charge is 2.17. The first-order valence-corrected chi connectivity index (χ1v) is 7.82. The van der Waals surface area contributed by atoms with Crippen molar-refractivity contribution in [2.75, 3.05) is 12.4 Å². The minimum Gasteiger partial charge on any atom is -0.465 e. The van der Waals surface area contributed by atoms with Crippen molar-refractivity contribution >= 4 is 28.5 Å². The molecular weight excluding hydrogens is 320 g/mol. The third kappa shape index (κ3) is 3.38. The number of nitrogens with one attached hydrogen (secondary N) is 1. The van der Waals surface area contributed by atoms with E-state index in [1.807, 2.05) is 26.0 Å². The van der Waals surface area contributed by atoms with E-state index in [0.29, 0.717) is 22.5 Å². The molecule has 0 aliphatic rings. The van der Waals surface area contributed by atoms with Gasteiger partial charge in [-0.3, -0.25) is 4.79 Å². The third-order valence-corrected chi connectivity index (χ3v) is 3.92. The Balaban J connectivity index is 1.84. The molecule has 0 radical (unpaired) electrons. The van der Waals surface area contributed by atoms with Crippen molar-refractivity contribution in [3.63, 3.8) is 0 Å². The minimum absolute atomic E-state index is 0.0480. The first-order chi connectivity index (χ1) is 12.0. The van der Waals surface area contributed by atoms with Gasteiger partial charge in [0.2, 0.25) is 5.91 Å². The van der Waals surface area contributed by atoms with Gasteiger partial charge in [0.05, 0.1) is 24.8 Å². The zero-order chi connectivity index (χ0) is 18.0. The molecule has 0 atom stereocenters. The van der Waals surface area contributed by atoms with E-state index in [4.69, 9.17) is 9.26 Å². The Kier molecular flexibility index (Phi) is 4.52. The van der Waals surface area contributed by atoms with Crippen molar-refractivity contribution in [1.29, 1.82) is 0 Å². The number of rotatable bonds is 4. The number of nitrogens with zero attached hydrogens (tertiary/aromatic N) is 1. The summed E-state index contributed by atoms with van der Waals surface area (Å²) >= 11 is 0. The monoisotopic (exact) mass is 338 g/mol. The van der Waals surface area contributed by atoms with Crippen LogP contribution in [0.25, 0.3) is 11.0 Å². The fourth-order valence-corrected chi connectivity index (χ4v) is 2.87. The molecule has 1 heterocycles. The molecule has 0 fully saturated rings. The number of hydrogen-bond donors (Lipinski definition) is 1. The maximum Gasteiger partial charge on any atom is 0.339 e. The molecule has 0 aliphatic carbocycles. The summed E-state index contributed by atoms with van der Waals surface area (Å²) in [6.45, 7) is 3.94. The number of ether oxygens (including phenoxy) is 1. The van der Waals surface area contributed by atoms with Gasteiger partial charge < -0.3 is 14.6 Å². The third-order valence-electron chi connectivity index (χ3n) is 3.92. The van der Waals surface area contributed by atoms with Crippen LogP contribution >= 0.6 is 0 Å². The largest absolute Gasteiger partial charge is 0.465 e. The van der Waals surface area contributed by atoms with Crippen LogP contribution in [-0.4, -0.2) is 24.1 Å². The van der Waals surface area contributed by atoms with Crippen molar-refractivity contribution in [3.8, 4) is 0 Å². The number of amides is 1. The van der Waals surface area contributed by atoms with Crippen LogP contribution in [0.15, 0.2) is 40.9 Å². The van der Waals surface area contributed by atoms with Gasteiger partial charge in [-0.1, -0.05) is 23.4 Å². The first kappa shape index (κ1) is 16.7. The van der Waals surface area contributed by atoms with E-state index in [2.05, 4.69) is 10.5 Å². The molecule has 128 valence electrons. The van der Waals surface area contributed by atoms with Gasteiger partial charge in [-0.15, -0.1) is 0 Å². The van der Waals surface area contributed by atoms with Crippen LogP contribution in [0.5, 0.6) is 0 Å². The van der Waals surface area contributed by atoms with Crippen LogP contribution in [-0.2, 0) is 16.0 Å². The molecule has 2 aromatic carbocycles. The van der Waals surface area contributed by atoms with Crippen molar-refractivity contribution < 1.29 is 18.8 Å². The Hall–Kier alpha value is -3.15. The van der Waals surface area contributed by atoms with Gasteiger partial charge in [-0.25, -0.2) is 4.79 Å². The predicted molar refractivity (Wildman–Crippen MR) is 93.6 cm³/mol. The molecule has 0 bridgehead atoms. The molecule has 3 aromatic rings. The number of para-hydroxylation sites is 1. The molecule has 3 rings (SSSR count). The van der Waals surface area contributed by atoms with Crippen LogP contribution in [0.4, 0.5) is 5.69 Å². The Morgan fingerprint density at radius 2 is 1.96 bits per heavy atom. The summed E-state index contributed by atoms with van der Waals surface area (Å²) in [4.78, 5) is 24.2. The summed E-state index contributed by atoms with van der Waals surface area (Å²) in [7, 11) is 1.30. The molecule has 6 heteroatoms. The lowest BCUT2D eigenvalue weighted by atomic mass is 10.0. The lowest BCUT2D eigenvalue weighted by Crippen LogP contribution is -2.17. The Morgan fingerprint density at radius 1 is 1.20 bits per heavy atom. The van der Waals surface area contributed by atoms with Crippen LogP contribution in [0, 0.1) is 13.8 Å². The summed E-state index contributed by atoms with van der Waals surface area (Å²) < 4.78 is 10.1. The normalized spacial score (nSPS) is 10.7. The number of fused-ring (bicyclic) bond motifs is 1. The number of esters is 1. The van der Waals surface area contributed by atoms with E-state index in [0.717, 1.165) is 16.5 Å². The second-order valence-electron chi connectivity index (χ2n) is 5.85. The number of methoxy groups -OCH3 is 1. The van der Waals surface area contributed by atoms with Crippen LogP contribution < -0.4 is 5.32 Å². The van der Waals surface area contributed by atoms with E-state index in [9.17, 15) is 9.59 Å². The van der Waals surface area contributed by atoms with E-state index in [1.54, 1.807) is 24.3 Å². The quantitative estimate of drug-likeness (QED) is 0.737. The fraction of sp³-hybridized carbons (Fsp3) is 0.211. The standard InChI is InChI=1S/C19H18N2O4/c1-11-8-12(2)18-15(21-25-16(18)9-11)10-17(22)20-14-7-5-4-6-13(14)19(23)24-3/h4-9H,10H2,1-3H3,(H,20,22). The number of aromatic nitrogens is 1. The smallest absolute Gasteiger partial charge is 0.339 e. The van der Waals surface area contributed by atoms with Gasteiger partial charge >= 0.3 is 5.97 Å². The van der Waals surface area contributed by atoms with Gasteiger partial charge in [-0.2, -0.15) is 0 Å². The minimum atomic E-state index is -0.505. The average molecular weight is 338 g/mol. The molecule has 0 aliphatic heterocycles. The highest BCUT2D eigenvalue weighted by molar-refractivity contribution is 6.02. The fourth-order valence-electron chi connectivity index (χ4n) is 2.87. The van der Waals surface area contributed by atoms with Crippen LogP contribution in [0.2, 0.25) is 0 Å². The van der Waals surface area contributed by atoms with Gasteiger partial charge in [0.25, 0.3) is 0 Å². The molecule has 0 spiro atoms. The zero-order valence-electron chi connectivity index (χ0n) is 14.3. The highest BCUT2D eigenvalue weighted by atomic mass is 16.5. The number of aryl methyl sites for hydroxylation is 2. The Morgan fingerprint density at radius 3 is 2.72 bits per heavy atom. The summed E-state index contributed by atoms with van der Waals surface area (Å²) in [5.41, 5.74) is 4.02. The van der Waals surface area contributed by atoms with Crippen molar-refractivity contribution in [2.24, 2.45) is 0 Å². The lowest BCUT2D eigenvalue weighted by molar-refractivity contribution is -0.115. The van der Waals surface area contributed by atoms with Crippen LogP contribution in [0.3, 0.4) is 0 Å². The van der Waals surface area contributed by atoms with E-state index < -0.39 is 5.97 Å². The van der Waals surface area contributed by atoms with E-state index >= 15 is 0 Å². The van der Waals surface area contributed by atoms with Crippen molar-refractivity contribution in [1.82, 2.24) is 5.16 Å². The zero-order valence-corrected chi connectivity index (χ0v) is 14.3. The van der Waals surface area contributed by atoms with Crippen LogP contribution in [0.1, 0.15) is 27.2 Å². The number of carbonyl (C=O) groups excluding carboxylic acids is 2. The number of carbonyl (C=O) groups is 2. The predicted octanol–water partition coefficient (Wildman–Crippen LogP) is 3.41. The highest BCUT2D eigenvalue weighted by Crippen LogP contribution is 2.25. The SMILES string of the molecule is COC(=O)c1ccccc1NC(=O)Cc1noc2cc(C)cc(C)c12. The summed E-state index contributed by atoms with van der Waals surface area (Å²) in [6.07, 6.45) is 0.0480. The Bertz CT molecular complexity index is 959. The van der Waals surface area contributed by atoms with E-state index in [-0.39, 0.29) is 12.3 Å². The molecule has 1 amide bonds. The Labute approximate surface area is 144 Å². The molecular formula is C19H18N2O4. The van der Waals surface area contributed by atoms with Gasteiger partial charge in [0.15, 0.2) is 5.58 Å². The number of benzene rings is 2. The number of anilines is 1. The molecule has 1 N–H and O–H groups in total. The molecule has 6 nitrogen and oxygen atoms in total. The van der Waals surface area contributed by atoms with Gasteiger partial charge in [0.1, 0.15) is 5.69 Å². The molecule has 0 saturated heterocycles. The van der Waals surface area contributed by atoms with Gasteiger partial charge in [-0.05, 0) is 43.2 Å². The first-order valence-electron chi connectivity index (χ1n) is 7.82. The summed E-state index contributed by atoms with van der Waals surface area (Å²) in [6, 6.07) is 10.6.